The van der Waals surface area contributed by atoms with Crippen molar-refractivity contribution in [3.63, 3.8) is 0 Å². The number of nitrogens with one attached hydrogen (secondary N) is 1. The third-order valence-corrected chi connectivity index (χ3v) is 9.19. The Labute approximate surface area is 219 Å². The van der Waals surface area contributed by atoms with E-state index in [1.54, 1.807) is 6.07 Å². The highest BCUT2D eigenvalue weighted by Crippen LogP contribution is 2.39. The Morgan fingerprint density at radius 1 is 1.22 bits per heavy atom. The summed E-state index contributed by atoms with van der Waals surface area (Å²) in [5.74, 6) is 2.05. The van der Waals surface area contributed by atoms with Gasteiger partial charge >= 0.3 is 5.63 Å². The van der Waals surface area contributed by atoms with Crippen molar-refractivity contribution < 1.29 is 13.9 Å². The van der Waals surface area contributed by atoms with Crippen molar-refractivity contribution in [3.05, 3.63) is 52.1 Å². The lowest BCUT2D eigenvalue weighted by Crippen LogP contribution is -2.22. The fourth-order valence-electron chi connectivity index (χ4n) is 4.17. The molecule has 1 aromatic carbocycles. The number of carbonyl (C=O) groups excluding carboxylic acids is 1. The topological polar surface area (TPSA) is 99.2 Å². The SMILES string of the molecule is Cc1cc(=O)oc2cc(OCCCCCn3cc(CNC(=O)CCCCC4CCSS4)nn3)ccc12. The summed E-state index contributed by atoms with van der Waals surface area (Å²) in [5, 5.41) is 13.0. The van der Waals surface area contributed by atoms with E-state index in [9.17, 15) is 9.59 Å². The molecule has 0 bridgehead atoms. The maximum Gasteiger partial charge on any atom is 0.336 e. The minimum absolute atomic E-state index is 0.0849. The van der Waals surface area contributed by atoms with Crippen molar-refractivity contribution in [2.75, 3.05) is 12.4 Å². The van der Waals surface area contributed by atoms with Gasteiger partial charge in [0.15, 0.2) is 0 Å². The number of hydrogen-bond donors (Lipinski definition) is 1. The van der Waals surface area contributed by atoms with Crippen LogP contribution in [0.4, 0.5) is 0 Å². The highest BCUT2D eigenvalue weighted by atomic mass is 33.1. The molecule has 3 aromatic rings. The van der Waals surface area contributed by atoms with Crippen LogP contribution in [0.1, 0.15) is 62.6 Å². The van der Waals surface area contributed by atoms with E-state index in [1.165, 1.54) is 24.7 Å². The number of fused-ring (bicyclic) bond motifs is 1. The Morgan fingerprint density at radius 3 is 3.00 bits per heavy atom. The maximum atomic E-state index is 12.1. The number of ether oxygens (including phenoxy) is 1. The molecule has 0 radical (unpaired) electrons. The first-order chi connectivity index (χ1) is 17.6. The molecule has 10 heteroatoms. The van der Waals surface area contributed by atoms with Gasteiger partial charge in [0.25, 0.3) is 0 Å². The van der Waals surface area contributed by atoms with E-state index < -0.39 is 0 Å². The second kappa shape index (κ2) is 13.7. The molecule has 4 rings (SSSR count). The van der Waals surface area contributed by atoms with Crippen LogP contribution in [0.25, 0.3) is 11.0 Å². The number of rotatable bonds is 14. The van der Waals surface area contributed by atoms with E-state index in [4.69, 9.17) is 9.15 Å². The van der Waals surface area contributed by atoms with Gasteiger partial charge in [-0.2, -0.15) is 0 Å². The smallest absolute Gasteiger partial charge is 0.336 e. The lowest BCUT2D eigenvalue weighted by Gasteiger charge is -2.07. The molecule has 1 unspecified atom stereocenters. The van der Waals surface area contributed by atoms with Crippen LogP contribution in [0.3, 0.4) is 0 Å². The largest absolute Gasteiger partial charge is 0.493 e. The molecule has 0 aliphatic carbocycles. The van der Waals surface area contributed by atoms with Crippen LogP contribution in [0.15, 0.2) is 39.7 Å². The first kappa shape index (κ1) is 26.6. The quantitative estimate of drug-likeness (QED) is 0.171. The monoisotopic (exact) mass is 530 g/mol. The molecule has 0 saturated carbocycles. The van der Waals surface area contributed by atoms with E-state index in [0.29, 0.717) is 30.9 Å². The number of nitrogens with zero attached hydrogens (tertiary/aromatic N) is 3. The molecule has 2 aromatic heterocycles. The third-order valence-electron chi connectivity index (χ3n) is 6.18. The summed E-state index contributed by atoms with van der Waals surface area (Å²) in [6.45, 7) is 3.69. The summed E-state index contributed by atoms with van der Waals surface area (Å²) in [6, 6.07) is 7.09. The zero-order valence-electron chi connectivity index (χ0n) is 20.7. The molecule has 0 spiro atoms. The van der Waals surface area contributed by atoms with E-state index in [-0.39, 0.29) is 11.5 Å². The van der Waals surface area contributed by atoms with E-state index in [0.717, 1.165) is 60.5 Å². The number of hydrogen-bond acceptors (Lipinski definition) is 8. The van der Waals surface area contributed by atoms with Crippen LogP contribution < -0.4 is 15.7 Å². The maximum absolute atomic E-state index is 12.1. The highest BCUT2D eigenvalue weighted by molar-refractivity contribution is 8.77. The highest BCUT2D eigenvalue weighted by Gasteiger charge is 2.16. The third kappa shape index (κ3) is 8.30. The van der Waals surface area contributed by atoms with Crippen LogP contribution in [0.2, 0.25) is 0 Å². The molecule has 8 nitrogen and oxygen atoms in total. The standard InChI is InChI=1S/C26H34N4O4S2/c1-19-15-26(32)34-24-16-21(9-10-23(19)24)33-13-6-2-5-12-30-18-20(28-29-30)17-27-25(31)8-4-3-7-22-11-14-35-36-22/h9-10,15-16,18,22H,2-8,11-14,17H2,1H3,(H,27,31). The van der Waals surface area contributed by atoms with Crippen molar-refractivity contribution in [2.24, 2.45) is 0 Å². The number of unbranched alkanes of at least 4 members (excludes halogenated alkanes) is 3. The van der Waals surface area contributed by atoms with Crippen molar-refractivity contribution in [1.82, 2.24) is 20.3 Å². The fraction of sp³-hybridized carbons (Fsp3) is 0.538. The predicted octanol–water partition coefficient (Wildman–Crippen LogP) is 5.27. The van der Waals surface area contributed by atoms with Gasteiger partial charge in [-0.1, -0.05) is 33.2 Å². The van der Waals surface area contributed by atoms with Crippen molar-refractivity contribution in [3.8, 4) is 5.75 Å². The van der Waals surface area contributed by atoms with Crippen molar-refractivity contribution in [2.45, 2.75) is 76.6 Å². The molecule has 1 fully saturated rings. The lowest BCUT2D eigenvalue weighted by atomic mass is 10.1. The zero-order valence-corrected chi connectivity index (χ0v) is 22.4. The Bertz CT molecular complexity index is 1190. The van der Waals surface area contributed by atoms with Gasteiger partial charge in [-0.05, 0) is 63.1 Å². The summed E-state index contributed by atoms with van der Waals surface area (Å²) < 4.78 is 12.9. The van der Waals surface area contributed by atoms with Crippen molar-refractivity contribution in [1.29, 1.82) is 0 Å². The van der Waals surface area contributed by atoms with Gasteiger partial charge in [-0.15, -0.1) is 5.10 Å². The molecular formula is C26H34N4O4S2. The summed E-state index contributed by atoms with van der Waals surface area (Å²) in [7, 11) is 3.97. The molecule has 1 N–H and O–H groups in total. The van der Waals surface area contributed by atoms with Gasteiger partial charge in [0.05, 0.1) is 19.3 Å². The number of aromatic nitrogens is 3. The second-order valence-corrected chi connectivity index (χ2v) is 11.9. The van der Waals surface area contributed by atoms with E-state index in [1.807, 2.05) is 51.5 Å². The normalized spacial score (nSPS) is 15.4. The van der Waals surface area contributed by atoms with Gasteiger partial charge in [-0.3, -0.25) is 9.48 Å². The van der Waals surface area contributed by atoms with Crippen LogP contribution in [0.5, 0.6) is 5.75 Å². The van der Waals surface area contributed by atoms with Crippen LogP contribution in [-0.4, -0.2) is 38.5 Å². The summed E-state index contributed by atoms with van der Waals surface area (Å²) in [5.41, 5.74) is 1.88. The van der Waals surface area contributed by atoms with Crippen LogP contribution in [-0.2, 0) is 17.9 Å². The molecule has 1 aliphatic heterocycles. The van der Waals surface area contributed by atoms with Gasteiger partial charge in [0.1, 0.15) is 17.0 Å². The van der Waals surface area contributed by atoms with E-state index >= 15 is 0 Å². The minimum Gasteiger partial charge on any atom is -0.493 e. The molecule has 36 heavy (non-hydrogen) atoms. The average molecular weight is 531 g/mol. The van der Waals surface area contributed by atoms with Crippen LogP contribution in [0, 0.1) is 6.92 Å². The molecule has 1 saturated heterocycles. The molecular weight excluding hydrogens is 496 g/mol. The van der Waals surface area contributed by atoms with Gasteiger partial charge in [0, 0.05) is 41.5 Å². The predicted molar refractivity (Wildman–Crippen MR) is 145 cm³/mol. The average Bonchev–Trinajstić information content (AvgIpc) is 3.54. The number of benzene rings is 1. The minimum atomic E-state index is -0.348. The van der Waals surface area contributed by atoms with Crippen molar-refractivity contribution >= 4 is 38.5 Å². The molecule has 1 aliphatic rings. The van der Waals surface area contributed by atoms with E-state index in [2.05, 4.69) is 15.6 Å². The first-order valence-electron chi connectivity index (χ1n) is 12.7. The number of aryl methyl sites for hydroxylation is 2. The second-order valence-electron chi connectivity index (χ2n) is 9.14. The zero-order chi connectivity index (χ0) is 25.2. The Balaban J connectivity index is 1.06. The Morgan fingerprint density at radius 2 is 2.14 bits per heavy atom. The summed E-state index contributed by atoms with van der Waals surface area (Å²) >= 11 is 0. The van der Waals surface area contributed by atoms with Gasteiger partial charge in [0.2, 0.25) is 5.91 Å². The number of amides is 1. The fourth-order valence-corrected chi connectivity index (χ4v) is 7.19. The Kier molecular flexibility index (Phi) is 10.2. The van der Waals surface area contributed by atoms with Gasteiger partial charge in [-0.25, -0.2) is 4.79 Å². The molecule has 194 valence electrons. The number of carbonyl (C=O) groups is 1. The summed E-state index contributed by atoms with van der Waals surface area (Å²) in [4.78, 5) is 23.7. The first-order valence-corrected chi connectivity index (χ1v) is 15.1. The lowest BCUT2D eigenvalue weighted by molar-refractivity contribution is -0.121. The van der Waals surface area contributed by atoms with Gasteiger partial charge < -0.3 is 14.5 Å². The molecule has 1 atom stereocenters. The molecule has 3 heterocycles. The molecule has 1 amide bonds. The van der Waals surface area contributed by atoms with Crippen LogP contribution >= 0.6 is 21.6 Å². The Hall–Kier alpha value is -2.46. The summed E-state index contributed by atoms with van der Waals surface area (Å²) in [6.07, 6.45) is 9.92.